The van der Waals surface area contributed by atoms with Crippen molar-refractivity contribution in [2.24, 2.45) is 0 Å². The number of halogens is 2. The van der Waals surface area contributed by atoms with Crippen LogP contribution in [0.25, 0.3) is 11.5 Å². The lowest BCUT2D eigenvalue weighted by molar-refractivity contribution is 0.0827. The molecule has 4 rings (SSSR count). The van der Waals surface area contributed by atoms with Gasteiger partial charge in [0, 0.05) is 32.2 Å². The Morgan fingerprint density at radius 2 is 1.72 bits per heavy atom. The second kappa shape index (κ2) is 8.68. The number of rotatable bonds is 5. The van der Waals surface area contributed by atoms with Crippen molar-refractivity contribution in [3.63, 3.8) is 0 Å². The Balaban J connectivity index is 1.71. The SMILES string of the molecule is CN(C)C(=O)c1cc(NC(=O)c2cnn(-c3ccc(F)cc3)c2-n2cccc2)ccc1Cl. The maximum absolute atomic E-state index is 13.4. The fraction of sp³-hybridized carbons (Fsp3) is 0.0870. The molecule has 0 saturated carbocycles. The lowest BCUT2D eigenvalue weighted by Gasteiger charge is -2.14. The predicted octanol–water partition coefficient (Wildman–Crippen LogP) is 4.41. The van der Waals surface area contributed by atoms with Crippen molar-refractivity contribution in [3.05, 3.63) is 95.2 Å². The van der Waals surface area contributed by atoms with Gasteiger partial charge in [-0.1, -0.05) is 11.6 Å². The summed E-state index contributed by atoms with van der Waals surface area (Å²) in [6.45, 7) is 0. The van der Waals surface area contributed by atoms with E-state index in [4.69, 9.17) is 11.6 Å². The first kappa shape index (κ1) is 21.3. The van der Waals surface area contributed by atoms with Crippen molar-refractivity contribution in [2.45, 2.75) is 0 Å². The molecule has 32 heavy (non-hydrogen) atoms. The maximum atomic E-state index is 13.4. The van der Waals surface area contributed by atoms with Gasteiger partial charge in [-0.3, -0.25) is 9.59 Å². The molecule has 9 heteroatoms. The van der Waals surface area contributed by atoms with Gasteiger partial charge in [0.25, 0.3) is 11.8 Å². The van der Waals surface area contributed by atoms with Gasteiger partial charge in [-0.2, -0.15) is 5.10 Å². The zero-order valence-electron chi connectivity index (χ0n) is 17.3. The van der Waals surface area contributed by atoms with Gasteiger partial charge in [-0.25, -0.2) is 9.07 Å². The fourth-order valence-electron chi connectivity index (χ4n) is 3.20. The van der Waals surface area contributed by atoms with Gasteiger partial charge in [0.1, 0.15) is 11.4 Å². The summed E-state index contributed by atoms with van der Waals surface area (Å²) < 4.78 is 16.7. The van der Waals surface area contributed by atoms with Crippen LogP contribution in [-0.2, 0) is 0 Å². The molecule has 0 atom stereocenters. The highest BCUT2D eigenvalue weighted by molar-refractivity contribution is 6.34. The molecule has 0 aliphatic rings. The molecule has 0 fully saturated rings. The van der Waals surface area contributed by atoms with Crippen LogP contribution in [0.3, 0.4) is 0 Å². The second-order valence-corrected chi connectivity index (χ2v) is 7.62. The van der Waals surface area contributed by atoms with Gasteiger partial charge in [0.2, 0.25) is 0 Å². The summed E-state index contributed by atoms with van der Waals surface area (Å²) in [6, 6.07) is 14.2. The molecule has 162 valence electrons. The number of anilines is 1. The van der Waals surface area contributed by atoms with Gasteiger partial charge in [0.15, 0.2) is 5.82 Å². The van der Waals surface area contributed by atoms with E-state index in [-0.39, 0.29) is 17.3 Å². The molecule has 2 aromatic heterocycles. The Hall–Kier alpha value is -3.91. The van der Waals surface area contributed by atoms with Crippen LogP contribution >= 0.6 is 11.6 Å². The third kappa shape index (κ3) is 4.13. The van der Waals surface area contributed by atoms with E-state index < -0.39 is 5.91 Å². The van der Waals surface area contributed by atoms with Gasteiger partial charge in [-0.15, -0.1) is 0 Å². The first-order valence-electron chi connectivity index (χ1n) is 9.65. The standard InChI is InChI=1S/C23H19ClFN5O2/c1-28(2)23(32)18-13-16(7-10-20(18)24)27-21(31)19-14-26-30(17-8-5-15(25)6-9-17)22(19)29-11-3-4-12-29/h3-14H,1-2H3,(H,27,31). The van der Waals surface area contributed by atoms with Crippen molar-refractivity contribution in [3.8, 4) is 11.5 Å². The number of carbonyl (C=O) groups excluding carboxylic acids is 2. The molecule has 1 N–H and O–H groups in total. The summed E-state index contributed by atoms with van der Waals surface area (Å²) in [6.07, 6.45) is 5.00. The highest BCUT2D eigenvalue weighted by Crippen LogP contribution is 2.24. The van der Waals surface area contributed by atoms with Crippen molar-refractivity contribution < 1.29 is 14.0 Å². The molecule has 0 spiro atoms. The van der Waals surface area contributed by atoms with E-state index >= 15 is 0 Å². The summed E-state index contributed by atoms with van der Waals surface area (Å²) in [4.78, 5) is 26.9. The number of hydrogen-bond donors (Lipinski definition) is 1. The Bertz CT molecular complexity index is 1280. The summed E-state index contributed by atoms with van der Waals surface area (Å²) in [5.74, 6) is -0.583. The Labute approximate surface area is 188 Å². The largest absolute Gasteiger partial charge is 0.345 e. The molecule has 2 aromatic carbocycles. The second-order valence-electron chi connectivity index (χ2n) is 7.21. The minimum atomic E-state index is -0.423. The topological polar surface area (TPSA) is 72.2 Å². The molecule has 0 bridgehead atoms. The lowest BCUT2D eigenvalue weighted by atomic mass is 10.1. The van der Waals surface area contributed by atoms with E-state index in [9.17, 15) is 14.0 Å². The third-order valence-electron chi connectivity index (χ3n) is 4.77. The van der Waals surface area contributed by atoms with Crippen LogP contribution in [0.5, 0.6) is 0 Å². The number of nitrogens with zero attached hydrogens (tertiary/aromatic N) is 4. The van der Waals surface area contributed by atoms with E-state index in [1.165, 1.54) is 29.3 Å². The monoisotopic (exact) mass is 451 g/mol. The minimum absolute atomic E-state index is 0.275. The third-order valence-corrected chi connectivity index (χ3v) is 5.10. The van der Waals surface area contributed by atoms with Crippen LogP contribution in [0.1, 0.15) is 20.7 Å². The minimum Gasteiger partial charge on any atom is -0.345 e. The maximum Gasteiger partial charge on any atom is 0.261 e. The molecule has 2 heterocycles. The van der Waals surface area contributed by atoms with E-state index in [0.717, 1.165) is 0 Å². The van der Waals surface area contributed by atoms with Crippen molar-refractivity contribution >= 4 is 29.1 Å². The number of carbonyl (C=O) groups is 2. The molecule has 7 nitrogen and oxygen atoms in total. The number of aromatic nitrogens is 3. The number of nitrogens with one attached hydrogen (secondary N) is 1. The van der Waals surface area contributed by atoms with Crippen LogP contribution in [-0.4, -0.2) is 45.2 Å². The summed E-state index contributed by atoms with van der Waals surface area (Å²) in [5, 5.41) is 7.44. The van der Waals surface area contributed by atoms with Gasteiger partial charge < -0.3 is 14.8 Å². The fourth-order valence-corrected chi connectivity index (χ4v) is 3.40. The number of amides is 2. The van der Waals surface area contributed by atoms with Crippen LogP contribution in [0.15, 0.2) is 73.2 Å². The van der Waals surface area contributed by atoms with Crippen molar-refractivity contribution in [2.75, 3.05) is 19.4 Å². The summed E-state index contributed by atoms with van der Waals surface area (Å²) >= 11 is 6.16. The van der Waals surface area contributed by atoms with Crippen LogP contribution in [0.2, 0.25) is 5.02 Å². The Morgan fingerprint density at radius 3 is 2.38 bits per heavy atom. The lowest BCUT2D eigenvalue weighted by Crippen LogP contribution is -2.22. The van der Waals surface area contributed by atoms with Gasteiger partial charge >= 0.3 is 0 Å². The van der Waals surface area contributed by atoms with Crippen LogP contribution in [0.4, 0.5) is 10.1 Å². The Kier molecular flexibility index (Phi) is 5.79. The Morgan fingerprint density at radius 1 is 1.03 bits per heavy atom. The molecular weight excluding hydrogens is 433 g/mol. The molecule has 0 radical (unpaired) electrons. The van der Waals surface area contributed by atoms with Crippen LogP contribution < -0.4 is 5.32 Å². The first-order chi connectivity index (χ1) is 15.3. The summed E-state index contributed by atoms with van der Waals surface area (Å²) in [7, 11) is 3.24. The highest BCUT2D eigenvalue weighted by atomic mass is 35.5. The quantitative estimate of drug-likeness (QED) is 0.488. The van der Waals surface area contributed by atoms with Crippen LogP contribution in [0, 0.1) is 5.82 Å². The average Bonchev–Trinajstić information content (AvgIpc) is 3.44. The van der Waals surface area contributed by atoms with E-state index in [0.29, 0.717) is 27.8 Å². The van der Waals surface area contributed by atoms with Crippen molar-refractivity contribution in [1.29, 1.82) is 0 Å². The molecule has 0 aliphatic carbocycles. The number of benzene rings is 2. The molecule has 0 unspecified atom stereocenters. The zero-order valence-corrected chi connectivity index (χ0v) is 18.0. The van der Waals surface area contributed by atoms with E-state index in [1.807, 2.05) is 12.1 Å². The van der Waals surface area contributed by atoms with Crippen molar-refractivity contribution in [1.82, 2.24) is 19.2 Å². The smallest absolute Gasteiger partial charge is 0.261 e. The molecule has 4 aromatic rings. The molecular formula is C23H19ClFN5O2. The van der Waals surface area contributed by atoms with Gasteiger partial charge in [-0.05, 0) is 54.6 Å². The normalized spacial score (nSPS) is 10.8. The average molecular weight is 452 g/mol. The molecule has 0 aliphatic heterocycles. The van der Waals surface area contributed by atoms with E-state index in [2.05, 4.69) is 10.4 Å². The first-order valence-corrected chi connectivity index (χ1v) is 10.0. The highest BCUT2D eigenvalue weighted by Gasteiger charge is 2.21. The molecule has 0 saturated heterocycles. The summed E-state index contributed by atoms with van der Waals surface area (Å²) in [5.41, 5.74) is 1.58. The molecule has 2 amide bonds. The zero-order chi connectivity index (χ0) is 22.8. The van der Waals surface area contributed by atoms with Gasteiger partial charge in [0.05, 0.1) is 22.5 Å². The predicted molar refractivity (Wildman–Crippen MR) is 120 cm³/mol. The number of hydrogen-bond acceptors (Lipinski definition) is 3. The van der Waals surface area contributed by atoms with E-state index in [1.54, 1.807) is 60.0 Å².